The van der Waals surface area contributed by atoms with E-state index in [0.29, 0.717) is 11.5 Å². The molecule has 0 aromatic heterocycles. The Hall–Kier alpha value is -2.20. The zero-order valence-corrected chi connectivity index (χ0v) is 14.7. The Kier molecular flexibility index (Phi) is 4.85. The van der Waals surface area contributed by atoms with Gasteiger partial charge >= 0.3 is 0 Å². The highest BCUT2D eigenvalue weighted by Crippen LogP contribution is 2.28. The number of aryl methyl sites for hydroxylation is 2. The van der Waals surface area contributed by atoms with Crippen LogP contribution in [-0.2, 0) is 6.37 Å². The minimum absolute atomic E-state index is 0.167. The van der Waals surface area contributed by atoms with E-state index in [1.54, 1.807) is 31.2 Å². The Bertz CT molecular complexity index is 888. The Morgan fingerprint density at radius 1 is 1.04 bits per heavy atom. The van der Waals surface area contributed by atoms with E-state index < -0.39 is 31.8 Å². The lowest BCUT2D eigenvalue weighted by molar-refractivity contribution is 0.0976. The van der Waals surface area contributed by atoms with Crippen LogP contribution in [0.4, 0.5) is 0 Å². The zero-order valence-electron chi connectivity index (χ0n) is 20.7. The van der Waals surface area contributed by atoms with Crippen LogP contribution in [0.5, 0.6) is 17.2 Å². The van der Waals surface area contributed by atoms with Crippen LogP contribution in [0.1, 0.15) is 38.6 Å². The third-order valence-corrected chi connectivity index (χ3v) is 3.45. The zero-order chi connectivity index (χ0) is 23.4. The summed E-state index contributed by atoms with van der Waals surface area (Å²) in [5, 5.41) is 10.4. The summed E-state index contributed by atoms with van der Waals surface area (Å²) in [6.07, 6.45) is -7.27. The molecule has 0 aliphatic carbocycles. The molecule has 136 valence electrons. The van der Waals surface area contributed by atoms with E-state index in [9.17, 15) is 5.11 Å². The Morgan fingerprint density at radius 2 is 1.84 bits per heavy atom. The van der Waals surface area contributed by atoms with Gasteiger partial charge in [-0.05, 0) is 61.5 Å². The van der Waals surface area contributed by atoms with Gasteiger partial charge < -0.3 is 19.3 Å². The van der Waals surface area contributed by atoms with Gasteiger partial charge in [0.1, 0.15) is 12.3 Å². The van der Waals surface area contributed by atoms with Gasteiger partial charge in [0, 0.05) is 5.48 Å². The molecule has 0 spiro atoms. The van der Waals surface area contributed by atoms with Gasteiger partial charge in [0.25, 0.3) is 0 Å². The van der Waals surface area contributed by atoms with E-state index in [2.05, 4.69) is 0 Å². The lowest BCUT2D eigenvalue weighted by Gasteiger charge is -2.13. The van der Waals surface area contributed by atoms with Crippen molar-refractivity contribution in [2.45, 2.75) is 38.6 Å². The second-order valence-electron chi connectivity index (χ2n) is 5.39. The number of methoxy groups -OCH3 is 2. The molecular formula is C21H28O4. The summed E-state index contributed by atoms with van der Waals surface area (Å²) in [6, 6.07) is 11.1. The first kappa shape index (κ1) is 12.2. The molecule has 0 radical (unpaired) electrons. The summed E-state index contributed by atoms with van der Waals surface area (Å²) >= 11 is 0. The van der Waals surface area contributed by atoms with Crippen molar-refractivity contribution in [1.29, 1.82) is 0 Å². The molecule has 2 rings (SSSR count). The predicted octanol–water partition coefficient (Wildman–Crippen LogP) is 4.16. The number of aliphatic hydroxyl groups is 1. The van der Waals surface area contributed by atoms with Gasteiger partial charge in [-0.25, -0.2) is 0 Å². The van der Waals surface area contributed by atoms with Crippen LogP contribution >= 0.6 is 0 Å². The Balaban J connectivity index is 2.13. The maximum atomic E-state index is 10.4. The summed E-state index contributed by atoms with van der Waals surface area (Å²) in [7, 11) is 2.90. The highest BCUT2D eigenvalue weighted by Gasteiger charge is 2.07. The van der Waals surface area contributed by atoms with Crippen LogP contribution in [0.15, 0.2) is 42.5 Å². The molecule has 4 heteroatoms. The standard InChI is InChI=1S/C21H28O4/c1-16-7-6-10-19(13-16)25-15-18(22)9-5-4-8-17-11-12-20(23-2)21(14-17)24-3/h6-7,10-14,18,22H,4-5,8-9,15H2,1-3H3/i8D2,9D2,15D2. The van der Waals surface area contributed by atoms with Crippen molar-refractivity contribution in [3.05, 3.63) is 53.6 Å². The molecule has 1 atom stereocenters. The first-order chi connectivity index (χ1) is 14.3. The third kappa shape index (κ3) is 6.31. The van der Waals surface area contributed by atoms with Crippen molar-refractivity contribution < 1.29 is 27.5 Å². The number of ether oxygens (including phenoxy) is 3. The number of hydrogen-bond acceptors (Lipinski definition) is 4. The fourth-order valence-corrected chi connectivity index (χ4v) is 2.21. The topological polar surface area (TPSA) is 47.9 Å². The van der Waals surface area contributed by atoms with Gasteiger partial charge in [-0.15, -0.1) is 0 Å². The van der Waals surface area contributed by atoms with Gasteiger partial charge in [-0.3, -0.25) is 0 Å². The molecule has 25 heavy (non-hydrogen) atoms. The van der Waals surface area contributed by atoms with Crippen molar-refractivity contribution in [3.63, 3.8) is 0 Å². The van der Waals surface area contributed by atoms with E-state index in [1.807, 2.05) is 0 Å². The Labute approximate surface area is 158 Å². The molecule has 1 N–H and O–H groups in total. The average molecular weight is 350 g/mol. The maximum Gasteiger partial charge on any atom is 0.160 e. The number of hydrogen-bond donors (Lipinski definition) is 1. The summed E-state index contributed by atoms with van der Waals surface area (Å²) < 4.78 is 64.6. The Morgan fingerprint density at radius 3 is 2.56 bits per heavy atom. The van der Waals surface area contributed by atoms with Crippen molar-refractivity contribution in [3.8, 4) is 17.2 Å². The normalized spacial score (nSPS) is 17.1. The quantitative estimate of drug-likeness (QED) is 0.699. The van der Waals surface area contributed by atoms with Gasteiger partial charge in [-0.1, -0.05) is 24.6 Å². The highest BCUT2D eigenvalue weighted by molar-refractivity contribution is 5.42. The minimum Gasteiger partial charge on any atom is -0.493 e. The lowest BCUT2D eigenvalue weighted by atomic mass is 10.0. The number of rotatable bonds is 10. The highest BCUT2D eigenvalue weighted by atomic mass is 16.5. The van der Waals surface area contributed by atoms with Crippen molar-refractivity contribution in [2.75, 3.05) is 20.8 Å². The molecule has 2 aromatic rings. The average Bonchev–Trinajstić information content (AvgIpc) is 2.71. The van der Waals surface area contributed by atoms with Crippen LogP contribution in [0.2, 0.25) is 0 Å². The van der Waals surface area contributed by atoms with Crippen LogP contribution in [-0.4, -0.2) is 32.0 Å². The molecular weight excluding hydrogens is 316 g/mol. The van der Waals surface area contributed by atoms with E-state index in [0.717, 1.165) is 5.56 Å². The maximum absolute atomic E-state index is 10.4. The summed E-state index contributed by atoms with van der Waals surface area (Å²) in [4.78, 5) is 0. The second kappa shape index (κ2) is 9.94. The van der Waals surface area contributed by atoms with Gasteiger partial charge in [-0.2, -0.15) is 0 Å². The van der Waals surface area contributed by atoms with E-state index in [1.165, 1.54) is 32.4 Å². The molecule has 2 aromatic carbocycles. The van der Waals surface area contributed by atoms with Crippen LogP contribution in [0.25, 0.3) is 0 Å². The van der Waals surface area contributed by atoms with Crippen molar-refractivity contribution in [2.24, 2.45) is 0 Å². The fourth-order valence-electron chi connectivity index (χ4n) is 2.21. The molecule has 0 aliphatic heterocycles. The monoisotopic (exact) mass is 350 g/mol. The first-order valence-electron chi connectivity index (χ1n) is 11.0. The first-order valence-corrected chi connectivity index (χ1v) is 7.99. The van der Waals surface area contributed by atoms with Gasteiger partial charge in [0.15, 0.2) is 11.5 Å². The molecule has 0 heterocycles. The van der Waals surface area contributed by atoms with Crippen LogP contribution < -0.4 is 14.2 Å². The molecule has 0 fully saturated rings. The third-order valence-electron chi connectivity index (χ3n) is 3.45. The van der Waals surface area contributed by atoms with E-state index >= 15 is 0 Å². The number of benzene rings is 2. The fraction of sp³-hybridized carbons (Fsp3) is 0.429. The lowest BCUT2D eigenvalue weighted by Crippen LogP contribution is -2.17. The van der Waals surface area contributed by atoms with Gasteiger partial charge in [0.05, 0.1) is 23.1 Å². The van der Waals surface area contributed by atoms with Crippen molar-refractivity contribution >= 4 is 0 Å². The molecule has 1 unspecified atom stereocenters. The summed E-state index contributed by atoms with van der Waals surface area (Å²) in [5.74, 6) is 0.949. The van der Waals surface area contributed by atoms with Crippen LogP contribution in [0.3, 0.4) is 0 Å². The SMILES string of the molecule is [2H]C([2H])(CCC([2H])([2H])C(O)C([2H])([2H])Oc1cccc(C)c1)c1ccc(OC)c(OC)c1. The molecule has 0 saturated carbocycles. The van der Waals surface area contributed by atoms with E-state index in [-0.39, 0.29) is 17.7 Å². The molecule has 0 amide bonds. The second-order valence-corrected chi connectivity index (χ2v) is 5.39. The molecule has 0 aliphatic rings. The van der Waals surface area contributed by atoms with Gasteiger partial charge in [0.2, 0.25) is 0 Å². The largest absolute Gasteiger partial charge is 0.493 e. The van der Waals surface area contributed by atoms with E-state index in [4.69, 9.17) is 22.4 Å². The van der Waals surface area contributed by atoms with Crippen molar-refractivity contribution in [1.82, 2.24) is 0 Å². The summed E-state index contributed by atoms with van der Waals surface area (Å²) in [6.45, 7) is -0.915. The summed E-state index contributed by atoms with van der Waals surface area (Å²) in [5.41, 5.74) is 1.09. The van der Waals surface area contributed by atoms with Crippen LogP contribution in [0, 0.1) is 6.92 Å². The number of aliphatic hydroxyl groups excluding tert-OH is 1. The molecule has 0 saturated heterocycles. The smallest absolute Gasteiger partial charge is 0.160 e. The minimum atomic E-state index is -2.71. The predicted molar refractivity (Wildman–Crippen MR) is 99.8 cm³/mol. The molecule has 4 nitrogen and oxygen atoms in total. The molecule has 0 bridgehead atoms.